The smallest absolute Gasteiger partial charge is 0.337 e. The molecule has 2 aromatic carbocycles. The molecule has 7 nitrogen and oxygen atoms in total. The van der Waals surface area contributed by atoms with Gasteiger partial charge in [0.05, 0.1) is 30.5 Å². The third kappa shape index (κ3) is 4.98. The quantitative estimate of drug-likeness (QED) is 0.357. The highest BCUT2D eigenvalue weighted by atomic mass is 35.5. The minimum absolute atomic E-state index is 0.248. The molecule has 0 unspecified atom stereocenters. The average Bonchev–Trinajstić information content (AvgIpc) is 3.09. The van der Waals surface area contributed by atoms with Crippen molar-refractivity contribution in [3.05, 3.63) is 69.6 Å². The zero-order valence-corrected chi connectivity index (χ0v) is 16.8. The number of nitrogens with zero attached hydrogens (tertiary/aromatic N) is 1. The van der Waals surface area contributed by atoms with Gasteiger partial charge in [0.15, 0.2) is 0 Å². The molecule has 9 heteroatoms. The van der Waals surface area contributed by atoms with Crippen LogP contribution in [0.2, 0.25) is 5.02 Å². The van der Waals surface area contributed by atoms with Crippen LogP contribution in [-0.4, -0.2) is 37.7 Å². The van der Waals surface area contributed by atoms with Gasteiger partial charge in [-0.15, -0.1) is 11.3 Å². The van der Waals surface area contributed by atoms with Gasteiger partial charge in [-0.1, -0.05) is 41.9 Å². The second-order valence-corrected chi connectivity index (χ2v) is 7.26. The van der Waals surface area contributed by atoms with Gasteiger partial charge in [0, 0.05) is 10.1 Å². The summed E-state index contributed by atoms with van der Waals surface area (Å²) < 4.78 is 5.52. The lowest BCUT2D eigenvalue weighted by molar-refractivity contribution is -0.120. The van der Waals surface area contributed by atoms with Crippen LogP contribution in [0.4, 0.5) is 0 Å². The Hall–Kier alpha value is -3.23. The summed E-state index contributed by atoms with van der Waals surface area (Å²) >= 11 is 7.52. The first-order valence-electron chi connectivity index (χ1n) is 8.45. The first-order valence-corrected chi connectivity index (χ1v) is 9.64. The Labute approximate surface area is 175 Å². The van der Waals surface area contributed by atoms with Gasteiger partial charge in [-0.25, -0.2) is 10.2 Å². The van der Waals surface area contributed by atoms with Crippen molar-refractivity contribution in [3.8, 4) is 0 Å². The molecule has 0 atom stereocenters. The predicted octanol–water partition coefficient (Wildman–Crippen LogP) is 3.22. The maximum Gasteiger partial charge on any atom is 0.337 e. The fraction of sp³-hybridized carbons (Fsp3) is 0.100. The zero-order chi connectivity index (χ0) is 20.8. The number of thiophene rings is 1. The number of amides is 2. The molecule has 3 aromatic rings. The van der Waals surface area contributed by atoms with Crippen molar-refractivity contribution in [2.24, 2.45) is 5.10 Å². The summed E-state index contributed by atoms with van der Waals surface area (Å²) in [5, 5.41) is 7.52. The van der Waals surface area contributed by atoms with Crippen LogP contribution in [0.15, 0.2) is 53.6 Å². The SMILES string of the molecule is COC(=O)c1ccc(/C=N\NC(=O)CNC(=O)c2sc3ccccc3c2Cl)cc1. The predicted molar refractivity (Wildman–Crippen MR) is 113 cm³/mol. The van der Waals surface area contributed by atoms with Crippen LogP contribution >= 0.6 is 22.9 Å². The van der Waals surface area contributed by atoms with Gasteiger partial charge in [-0.05, 0) is 23.8 Å². The van der Waals surface area contributed by atoms with Crippen molar-refractivity contribution in [1.29, 1.82) is 0 Å². The molecule has 0 saturated carbocycles. The third-order valence-corrected chi connectivity index (χ3v) is 5.56. The molecule has 1 aromatic heterocycles. The Morgan fingerprint density at radius 1 is 1.14 bits per heavy atom. The van der Waals surface area contributed by atoms with E-state index in [9.17, 15) is 14.4 Å². The lowest BCUT2D eigenvalue weighted by atomic mass is 10.1. The van der Waals surface area contributed by atoms with E-state index in [4.69, 9.17) is 11.6 Å². The molecule has 2 N–H and O–H groups in total. The summed E-state index contributed by atoms with van der Waals surface area (Å²) in [5.74, 6) is -1.34. The van der Waals surface area contributed by atoms with E-state index in [1.807, 2.05) is 24.3 Å². The lowest BCUT2D eigenvalue weighted by Crippen LogP contribution is -2.34. The molecule has 0 aliphatic heterocycles. The molecule has 29 heavy (non-hydrogen) atoms. The summed E-state index contributed by atoms with van der Waals surface area (Å²) in [4.78, 5) is 35.9. The van der Waals surface area contributed by atoms with E-state index in [-0.39, 0.29) is 6.54 Å². The van der Waals surface area contributed by atoms with Crippen molar-refractivity contribution in [3.63, 3.8) is 0 Å². The third-order valence-electron chi connectivity index (χ3n) is 3.89. The molecule has 3 rings (SSSR count). The van der Waals surface area contributed by atoms with Gasteiger partial charge in [0.2, 0.25) is 0 Å². The van der Waals surface area contributed by atoms with Gasteiger partial charge in [-0.3, -0.25) is 9.59 Å². The second-order valence-electron chi connectivity index (χ2n) is 5.83. The Balaban J connectivity index is 1.51. The minimum Gasteiger partial charge on any atom is -0.465 e. The molecule has 2 amide bonds. The van der Waals surface area contributed by atoms with Crippen LogP contribution in [0, 0.1) is 0 Å². The van der Waals surface area contributed by atoms with E-state index < -0.39 is 17.8 Å². The number of esters is 1. The van der Waals surface area contributed by atoms with Crippen LogP contribution in [-0.2, 0) is 9.53 Å². The Bertz CT molecular complexity index is 1090. The molecule has 0 bridgehead atoms. The maximum absolute atomic E-state index is 12.3. The summed E-state index contributed by atoms with van der Waals surface area (Å²) in [6.45, 7) is -0.248. The maximum atomic E-state index is 12.3. The highest BCUT2D eigenvalue weighted by Crippen LogP contribution is 2.34. The van der Waals surface area contributed by atoms with Gasteiger partial charge in [-0.2, -0.15) is 5.10 Å². The Morgan fingerprint density at radius 2 is 1.86 bits per heavy atom. The number of hydrazone groups is 1. The van der Waals surface area contributed by atoms with Crippen molar-refractivity contribution in [1.82, 2.24) is 10.7 Å². The molecular weight excluding hydrogens is 414 g/mol. The number of ether oxygens (including phenoxy) is 1. The number of hydrogen-bond acceptors (Lipinski definition) is 6. The standard InChI is InChI=1S/C20H16ClN3O4S/c1-28-20(27)13-8-6-12(7-9-13)10-23-24-16(25)11-22-19(26)18-17(21)14-4-2-3-5-15(14)29-18/h2-10H,11H2,1H3,(H,22,26)(H,24,25)/b23-10-. The van der Waals surface area contributed by atoms with E-state index in [1.54, 1.807) is 24.3 Å². The van der Waals surface area contributed by atoms with Gasteiger partial charge in [0.1, 0.15) is 4.88 Å². The van der Waals surface area contributed by atoms with Crippen LogP contribution in [0.5, 0.6) is 0 Å². The average molecular weight is 430 g/mol. The number of hydrogen-bond donors (Lipinski definition) is 2. The zero-order valence-electron chi connectivity index (χ0n) is 15.3. The number of benzene rings is 2. The monoisotopic (exact) mass is 429 g/mol. The fourth-order valence-electron chi connectivity index (χ4n) is 2.44. The van der Waals surface area contributed by atoms with E-state index in [0.717, 1.165) is 10.1 Å². The highest BCUT2D eigenvalue weighted by molar-refractivity contribution is 7.21. The van der Waals surface area contributed by atoms with Crippen LogP contribution < -0.4 is 10.7 Å². The van der Waals surface area contributed by atoms with Gasteiger partial charge < -0.3 is 10.1 Å². The van der Waals surface area contributed by atoms with Crippen molar-refractivity contribution < 1.29 is 19.1 Å². The van der Waals surface area contributed by atoms with Gasteiger partial charge in [0.25, 0.3) is 11.8 Å². The molecule has 0 aliphatic rings. The molecule has 0 aliphatic carbocycles. The number of carbonyl (C=O) groups excluding carboxylic acids is 3. The van der Waals surface area contributed by atoms with E-state index in [0.29, 0.717) is 21.0 Å². The molecule has 1 heterocycles. The van der Waals surface area contributed by atoms with Gasteiger partial charge >= 0.3 is 5.97 Å². The normalized spacial score (nSPS) is 10.8. The number of methoxy groups -OCH3 is 1. The number of nitrogens with one attached hydrogen (secondary N) is 2. The van der Waals surface area contributed by atoms with Crippen molar-refractivity contribution >= 4 is 57.0 Å². The fourth-order valence-corrected chi connectivity index (χ4v) is 3.88. The second kappa shape index (κ2) is 9.31. The van der Waals surface area contributed by atoms with E-state index >= 15 is 0 Å². The number of fused-ring (bicyclic) bond motifs is 1. The minimum atomic E-state index is -0.488. The van der Waals surface area contributed by atoms with Crippen molar-refractivity contribution in [2.75, 3.05) is 13.7 Å². The number of carbonyl (C=O) groups is 3. The first kappa shape index (κ1) is 20.5. The molecule has 0 fully saturated rings. The molecule has 0 radical (unpaired) electrons. The Kier molecular flexibility index (Phi) is 6.58. The van der Waals surface area contributed by atoms with Crippen molar-refractivity contribution in [2.45, 2.75) is 0 Å². The summed E-state index contributed by atoms with van der Waals surface area (Å²) in [6.07, 6.45) is 1.42. The van der Waals surface area contributed by atoms with Crippen LogP contribution in [0.1, 0.15) is 25.6 Å². The summed E-state index contributed by atoms with van der Waals surface area (Å²) in [6, 6.07) is 13.9. The Morgan fingerprint density at radius 3 is 2.55 bits per heavy atom. The summed E-state index contributed by atoms with van der Waals surface area (Å²) in [5.41, 5.74) is 3.42. The molecule has 0 saturated heterocycles. The lowest BCUT2D eigenvalue weighted by Gasteiger charge is -2.03. The molecule has 148 valence electrons. The number of halogens is 1. The largest absolute Gasteiger partial charge is 0.465 e. The first-order chi connectivity index (χ1) is 14.0. The summed E-state index contributed by atoms with van der Waals surface area (Å²) in [7, 11) is 1.31. The van der Waals surface area contributed by atoms with Crippen LogP contribution in [0.25, 0.3) is 10.1 Å². The van der Waals surface area contributed by atoms with Crippen LogP contribution in [0.3, 0.4) is 0 Å². The number of rotatable bonds is 6. The highest BCUT2D eigenvalue weighted by Gasteiger charge is 2.17. The molecular formula is C20H16ClN3O4S. The molecule has 0 spiro atoms. The van der Waals surface area contributed by atoms with E-state index in [1.165, 1.54) is 24.7 Å². The topological polar surface area (TPSA) is 96.9 Å². The van der Waals surface area contributed by atoms with E-state index in [2.05, 4.69) is 20.6 Å².